The molecule has 0 aliphatic carbocycles. The van der Waals surface area contributed by atoms with Crippen LogP contribution in [0.15, 0.2) is 46.9 Å². The van der Waals surface area contributed by atoms with Crippen LogP contribution in [0, 0.1) is 0 Å². The highest BCUT2D eigenvalue weighted by atomic mass is 79.9. The van der Waals surface area contributed by atoms with Crippen LogP contribution in [-0.4, -0.2) is 12.5 Å². The summed E-state index contributed by atoms with van der Waals surface area (Å²) in [7, 11) is 0. The molecule has 0 aromatic heterocycles. The number of carbonyl (C=O) groups excluding carboxylic acids is 1. The fourth-order valence-electron chi connectivity index (χ4n) is 2.71. The molecular formula is C17H17BrN2O. The van der Waals surface area contributed by atoms with Gasteiger partial charge in [-0.15, -0.1) is 0 Å². The van der Waals surface area contributed by atoms with Crippen LogP contribution in [0.3, 0.4) is 0 Å². The van der Waals surface area contributed by atoms with Crippen molar-refractivity contribution >= 4 is 33.2 Å². The van der Waals surface area contributed by atoms with Crippen molar-refractivity contribution in [3.8, 4) is 0 Å². The number of carbonyl (C=O) groups is 1. The minimum absolute atomic E-state index is 0.0458. The van der Waals surface area contributed by atoms with E-state index >= 15 is 0 Å². The first-order valence-corrected chi connectivity index (χ1v) is 7.90. The molecule has 0 bridgehead atoms. The Hall–Kier alpha value is -1.81. The lowest BCUT2D eigenvalue weighted by Crippen LogP contribution is -2.23. The molecule has 3 nitrogen and oxygen atoms in total. The van der Waals surface area contributed by atoms with Gasteiger partial charge in [0, 0.05) is 22.4 Å². The van der Waals surface area contributed by atoms with E-state index in [-0.39, 0.29) is 11.8 Å². The molecule has 0 saturated heterocycles. The van der Waals surface area contributed by atoms with Crippen molar-refractivity contribution in [1.82, 2.24) is 0 Å². The van der Waals surface area contributed by atoms with E-state index in [0.29, 0.717) is 6.54 Å². The molecule has 3 rings (SSSR count). The molecule has 2 aromatic rings. The van der Waals surface area contributed by atoms with Crippen molar-refractivity contribution in [2.45, 2.75) is 19.3 Å². The van der Waals surface area contributed by atoms with Gasteiger partial charge in [0.05, 0.1) is 5.92 Å². The fraction of sp³-hybridized carbons (Fsp3) is 0.235. The largest absolute Gasteiger partial charge is 0.384 e. The number of fused-ring (bicyclic) bond motifs is 1. The smallest absolute Gasteiger partial charge is 0.233 e. The van der Waals surface area contributed by atoms with Gasteiger partial charge in [0.15, 0.2) is 0 Å². The Labute approximate surface area is 132 Å². The Morgan fingerprint density at radius 1 is 1.33 bits per heavy atom. The molecule has 1 atom stereocenters. The Morgan fingerprint density at radius 2 is 2.14 bits per heavy atom. The zero-order valence-corrected chi connectivity index (χ0v) is 13.4. The van der Waals surface area contributed by atoms with E-state index in [1.807, 2.05) is 36.4 Å². The first kappa shape index (κ1) is 14.1. The molecule has 1 aliphatic rings. The molecule has 1 unspecified atom stereocenters. The molecule has 1 heterocycles. The van der Waals surface area contributed by atoms with Crippen molar-refractivity contribution < 1.29 is 4.79 Å². The maximum Gasteiger partial charge on any atom is 0.233 e. The zero-order chi connectivity index (χ0) is 14.8. The second-order valence-electron chi connectivity index (χ2n) is 5.17. The number of benzene rings is 2. The van der Waals surface area contributed by atoms with Gasteiger partial charge in [-0.05, 0) is 41.8 Å². The van der Waals surface area contributed by atoms with Gasteiger partial charge in [-0.2, -0.15) is 0 Å². The molecule has 0 spiro atoms. The molecule has 0 saturated carbocycles. The monoisotopic (exact) mass is 344 g/mol. The van der Waals surface area contributed by atoms with Crippen molar-refractivity contribution in [1.29, 1.82) is 0 Å². The normalized spacial score (nSPS) is 16.2. The summed E-state index contributed by atoms with van der Waals surface area (Å²) in [4.78, 5) is 12.6. The Bertz CT molecular complexity index is 684. The third-order valence-electron chi connectivity index (χ3n) is 3.86. The topological polar surface area (TPSA) is 41.1 Å². The maximum atomic E-state index is 12.6. The summed E-state index contributed by atoms with van der Waals surface area (Å²) in [6.45, 7) is 2.74. The van der Waals surface area contributed by atoms with Gasteiger partial charge < -0.3 is 10.6 Å². The lowest BCUT2D eigenvalue weighted by Gasteiger charge is -2.14. The van der Waals surface area contributed by atoms with Crippen LogP contribution in [0.4, 0.5) is 11.4 Å². The van der Waals surface area contributed by atoms with E-state index in [4.69, 9.17) is 0 Å². The molecular weight excluding hydrogens is 328 g/mol. The number of anilines is 2. The van der Waals surface area contributed by atoms with Crippen LogP contribution in [0.2, 0.25) is 0 Å². The van der Waals surface area contributed by atoms with Gasteiger partial charge >= 0.3 is 0 Å². The Balaban J connectivity index is 1.82. The first-order chi connectivity index (χ1) is 10.2. The maximum absolute atomic E-state index is 12.6. The highest BCUT2D eigenvalue weighted by Crippen LogP contribution is 2.32. The average molecular weight is 345 g/mol. The molecule has 0 radical (unpaired) electrons. The molecule has 1 aliphatic heterocycles. The Morgan fingerprint density at radius 3 is 2.95 bits per heavy atom. The number of amides is 1. The summed E-state index contributed by atoms with van der Waals surface area (Å²) in [6.07, 6.45) is 0.883. The second-order valence-corrected chi connectivity index (χ2v) is 6.08. The van der Waals surface area contributed by atoms with E-state index in [0.717, 1.165) is 33.4 Å². The number of aryl methyl sites for hydroxylation is 1. The molecule has 21 heavy (non-hydrogen) atoms. The summed E-state index contributed by atoms with van der Waals surface area (Å²) >= 11 is 3.47. The fourth-order valence-corrected chi connectivity index (χ4v) is 3.12. The molecule has 108 valence electrons. The highest BCUT2D eigenvalue weighted by Gasteiger charge is 2.28. The van der Waals surface area contributed by atoms with Crippen LogP contribution in [0.25, 0.3) is 0 Å². The van der Waals surface area contributed by atoms with Gasteiger partial charge in [0.25, 0.3) is 0 Å². The standard InChI is InChI=1S/C17H17BrN2O/c1-2-11-9-12(18)7-8-15(11)20-17(21)14-10-19-16-6-4-3-5-13(14)16/h3-9,14,19H,2,10H2,1H3,(H,20,21). The van der Waals surface area contributed by atoms with Gasteiger partial charge in [0.2, 0.25) is 5.91 Å². The SMILES string of the molecule is CCc1cc(Br)ccc1NC(=O)C1CNc2ccccc21. The summed E-state index contributed by atoms with van der Waals surface area (Å²) < 4.78 is 1.03. The highest BCUT2D eigenvalue weighted by molar-refractivity contribution is 9.10. The first-order valence-electron chi connectivity index (χ1n) is 7.11. The number of rotatable bonds is 3. The van der Waals surface area contributed by atoms with Gasteiger partial charge in [-0.3, -0.25) is 4.79 Å². The van der Waals surface area contributed by atoms with E-state index in [9.17, 15) is 4.79 Å². The number of hydrogen-bond donors (Lipinski definition) is 2. The van der Waals surface area contributed by atoms with Crippen molar-refractivity contribution in [2.75, 3.05) is 17.2 Å². The van der Waals surface area contributed by atoms with Gasteiger partial charge in [-0.1, -0.05) is 41.1 Å². The van der Waals surface area contributed by atoms with E-state index in [2.05, 4.69) is 39.6 Å². The number of hydrogen-bond acceptors (Lipinski definition) is 2. The van der Waals surface area contributed by atoms with Gasteiger partial charge in [0.1, 0.15) is 0 Å². The van der Waals surface area contributed by atoms with Crippen molar-refractivity contribution in [3.63, 3.8) is 0 Å². The number of para-hydroxylation sites is 1. The zero-order valence-electron chi connectivity index (χ0n) is 11.8. The lowest BCUT2D eigenvalue weighted by molar-refractivity contribution is -0.117. The number of halogens is 1. The lowest BCUT2D eigenvalue weighted by atomic mass is 10.00. The number of nitrogens with one attached hydrogen (secondary N) is 2. The van der Waals surface area contributed by atoms with Gasteiger partial charge in [-0.25, -0.2) is 0 Å². The minimum atomic E-state index is -0.130. The average Bonchev–Trinajstić information content (AvgIpc) is 2.93. The summed E-state index contributed by atoms with van der Waals surface area (Å²) in [5.41, 5.74) is 4.17. The Kier molecular flexibility index (Phi) is 3.97. The molecule has 1 amide bonds. The second kappa shape index (κ2) is 5.90. The summed E-state index contributed by atoms with van der Waals surface area (Å²) in [5.74, 6) is -0.0842. The molecule has 0 fully saturated rings. The van der Waals surface area contributed by atoms with Crippen LogP contribution in [0.5, 0.6) is 0 Å². The predicted molar refractivity (Wildman–Crippen MR) is 89.8 cm³/mol. The van der Waals surface area contributed by atoms with Crippen LogP contribution in [-0.2, 0) is 11.2 Å². The van der Waals surface area contributed by atoms with E-state index < -0.39 is 0 Å². The summed E-state index contributed by atoms with van der Waals surface area (Å²) in [6, 6.07) is 13.9. The van der Waals surface area contributed by atoms with Crippen LogP contribution >= 0.6 is 15.9 Å². The molecule has 4 heteroatoms. The van der Waals surface area contributed by atoms with Crippen LogP contribution in [0.1, 0.15) is 24.0 Å². The summed E-state index contributed by atoms with van der Waals surface area (Å²) in [5, 5.41) is 6.36. The van der Waals surface area contributed by atoms with Crippen molar-refractivity contribution in [3.05, 3.63) is 58.1 Å². The third kappa shape index (κ3) is 2.81. The minimum Gasteiger partial charge on any atom is -0.384 e. The quantitative estimate of drug-likeness (QED) is 0.877. The third-order valence-corrected chi connectivity index (χ3v) is 4.35. The van der Waals surface area contributed by atoms with Crippen LogP contribution < -0.4 is 10.6 Å². The van der Waals surface area contributed by atoms with E-state index in [1.165, 1.54) is 0 Å². The van der Waals surface area contributed by atoms with E-state index in [1.54, 1.807) is 0 Å². The van der Waals surface area contributed by atoms with Crippen molar-refractivity contribution in [2.24, 2.45) is 0 Å². The predicted octanol–water partition coefficient (Wildman–Crippen LogP) is 4.16. The molecule has 2 N–H and O–H groups in total. The molecule has 2 aromatic carbocycles.